The monoisotopic (exact) mass is 399 g/mol. The number of benzene rings is 2. The molecule has 0 bridgehead atoms. The van der Waals surface area contributed by atoms with E-state index >= 15 is 0 Å². The summed E-state index contributed by atoms with van der Waals surface area (Å²) >= 11 is 0. The number of nitrogens with zero attached hydrogens (tertiary/aromatic N) is 2. The molecule has 1 aliphatic heterocycles. The quantitative estimate of drug-likeness (QED) is 0.541. The molecule has 2 aromatic carbocycles. The third-order valence-corrected chi connectivity index (χ3v) is 5.46. The summed E-state index contributed by atoms with van der Waals surface area (Å²) in [6, 6.07) is 17.4. The molecule has 0 saturated carbocycles. The minimum absolute atomic E-state index is 0.291. The van der Waals surface area contributed by atoms with Crippen molar-refractivity contribution in [2.75, 3.05) is 6.54 Å². The number of fused-ring (bicyclic) bond motifs is 5. The van der Waals surface area contributed by atoms with Gasteiger partial charge in [0.2, 0.25) is 0 Å². The van der Waals surface area contributed by atoms with Crippen LogP contribution >= 0.6 is 0 Å². The lowest BCUT2D eigenvalue weighted by Gasteiger charge is -2.21. The maximum absolute atomic E-state index is 11.5. The molecule has 2 N–H and O–H groups in total. The number of ether oxygens (including phenoxy) is 1. The lowest BCUT2D eigenvalue weighted by Crippen LogP contribution is -2.23. The molecule has 3 heterocycles. The molecule has 0 radical (unpaired) electrons. The van der Waals surface area contributed by atoms with Crippen molar-refractivity contribution < 1.29 is 14.6 Å². The number of aromatic carboxylic acids is 1. The van der Waals surface area contributed by atoms with Crippen molar-refractivity contribution in [2.24, 2.45) is 0 Å². The van der Waals surface area contributed by atoms with E-state index in [9.17, 15) is 9.90 Å². The lowest BCUT2D eigenvalue weighted by molar-refractivity contribution is 0.0697. The van der Waals surface area contributed by atoms with Crippen LogP contribution in [0.15, 0.2) is 67.0 Å². The average Bonchev–Trinajstić information content (AvgIpc) is 3.10. The highest BCUT2D eigenvalue weighted by Gasteiger charge is 2.20. The van der Waals surface area contributed by atoms with Crippen molar-refractivity contribution in [3.05, 3.63) is 83.7 Å². The Morgan fingerprint density at radius 3 is 2.93 bits per heavy atom. The fourth-order valence-corrected chi connectivity index (χ4v) is 4.03. The van der Waals surface area contributed by atoms with Crippen LogP contribution < -0.4 is 10.1 Å². The van der Waals surface area contributed by atoms with Gasteiger partial charge in [-0.05, 0) is 35.9 Å². The van der Waals surface area contributed by atoms with Gasteiger partial charge in [0.1, 0.15) is 12.4 Å². The Balaban J connectivity index is 1.64. The van der Waals surface area contributed by atoms with E-state index in [-0.39, 0.29) is 0 Å². The molecular formula is C24H21N3O3. The molecular weight excluding hydrogens is 378 g/mol. The molecule has 0 unspecified atom stereocenters. The van der Waals surface area contributed by atoms with E-state index in [1.165, 1.54) is 0 Å². The molecule has 0 aliphatic carbocycles. The summed E-state index contributed by atoms with van der Waals surface area (Å²) in [6.45, 7) is 2.73. The molecule has 4 aromatic rings. The number of pyridine rings is 1. The standard InChI is InChI=1S/C24H21N3O3/c28-24(29)18-7-6-17-11-21-23-19(14-26-9-10-27(21)20(17)12-18)4-1-5-22(23)30-15-16-3-2-8-25-13-16/h1-8,11-13,26H,9-10,14-15H2,(H,28,29). The molecule has 0 saturated heterocycles. The van der Waals surface area contributed by atoms with E-state index in [1.807, 2.05) is 30.3 Å². The van der Waals surface area contributed by atoms with Crippen LogP contribution in [0.1, 0.15) is 21.5 Å². The maximum atomic E-state index is 11.5. The Morgan fingerprint density at radius 1 is 1.17 bits per heavy atom. The first-order valence-corrected chi connectivity index (χ1v) is 9.92. The minimum Gasteiger partial charge on any atom is -0.488 e. The molecule has 1 aliphatic rings. The zero-order valence-corrected chi connectivity index (χ0v) is 16.3. The molecule has 30 heavy (non-hydrogen) atoms. The first-order valence-electron chi connectivity index (χ1n) is 9.92. The average molecular weight is 399 g/mol. The van der Waals surface area contributed by atoms with Crippen molar-refractivity contribution in [3.8, 4) is 17.0 Å². The van der Waals surface area contributed by atoms with Gasteiger partial charge < -0.3 is 19.7 Å². The predicted molar refractivity (Wildman–Crippen MR) is 115 cm³/mol. The third-order valence-electron chi connectivity index (χ3n) is 5.46. The van der Waals surface area contributed by atoms with Crippen molar-refractivity contribution >= 4 is 16.9 Å². The van der Waals surface area contributed by atoms with E-state index in [0.29, 0.717) is 12.2 Å². The number of aromatic nitrogens is 2. The first-order chi connectivity index (χ1) is 14.7. The Labute approximate surface area is 173 Å². The summed E-state index contributed by atoms with van der Waals surface area (Å²) < 4.78 is 8.41. The van der Waals surface area contributed by atoms with Crippen LogP contribution in [0.3, 0.4) is 0 Å². The number of carboxylic acid groups (broad SMARTS) is 1. The van der Waals surface area contributed by atoms with Gasteiger partial charge in [0.15, 0.2) is 0 Å². The molecule has 0 atom stereocenters. The zero-order chi connectivity index (χ0) is 20.5. The summed E-state index contributed by atoms with van der Waals surface area (Å²) in [5.41, 5.74) is 5.46. The second kappa shape index (κ2) is 7.65. The predicted octanol–water partition coefficient (Wildman–Crippen LogP) is 4.08. The van der Waals surface area contributed by atoms with Gasteiger partial charge in [0, 0.05) is 54.1 Å². The zero-order valence-electron chi connectivity index (χ0n) is 16.3. The Kier molecular flexibility index (Phi) is 4.69. The second-order valence-corrected chi connectivity index (χ2v) is 7.38. The molecule has 0 spiro atoms. The van der Waals surface area contributed by atoms with Crippen molar-refractivity contribution in [1.82, 2.24) is 14.9 Å². The van der Waals surface area contributed by atoms with Gasteiger partial charge in [-0.25, -0.2) is 4.79 Å². The van der Waals surface area contributed by atoms with Gasteiger partial charge in [-0.15, -0.1) is 0 Å². The molecule has 0 amide bonds. The number of hydrogen-bond donors (Lipinski definition) is 2. The van der Waals surface area contributed by atoms with E-state index in [1.54, 1.807) is 24.5 Å². The molecule has 5 rings (SSSR count). The summed E-state index contributed by atoms with van der Waals surface area (Å²) in [5.74, 6) is -0.111. The normalized spacial score (nSPS) is 13.2. The van der Waals surface area contributed by atoms with Crippen LogP contribution in [-0.4, -0.2) is 27.2 Å². The van der Waals surface area contributed by atoms with E-state index in [2.05, 4.69) is 27.0 Å². The number of carbonyl (C=O) groups is 1. The van der Waals surface area contributed by atoms with Crippen LogP contribution in [0.2, 0.25) is 0 Å². The van der Waals surface area contributed by atoms with Crippen LogP contribution in [-0.2, 0) is 19.7 Å². The van der Waals surface area contributed by atoms with E-state index in [4.69, 9.17) is 4.74 Å². The minimum atomic E-state index is -0.919. The van der Waals surface area contributed by atoms with Crippen molar-refractivity contribution in [3.63, 3.8) is 0 Å². The molecule has 0 fully saturated rings. The highest BCUT2D eigenvalue weighted by molar-refractivity contribution is 5.96. The van der Waals surface area contributed by atoms with Gasteiger partial charge in [0.25, 0.3) is 0 Å². The molecule has 150 valence electrons. The highest BCUT2D eigenvalue weighted by atomic mass is 16.5. The van der Waals surface area contributed by atoms with Crippen molar-refractivity contribution in [2.45, 2.75) is 19.7 Å². The fraction of sp³-hybridized carbons (Fsp3) is 0.167. The highest BCUT2D eigenvalue weighted by Crippen LogP contribution is 2.38. The summed E-state index contributed by atoms with van der Waals surface area (Å²) in [5, 5.41) is 13.9. The number of carboxylic acids is 1. The molecule has 6 heteroatoms. The maximum Gasteiger partial charge on any atom is 0.335 e. The molecule has 2 aromatic heterocycles. The SMILES string of the molecule is O=C(O)c1ccc2cc3n(c2c1)CCNCc1cccc(OCc2cccnc2)c1-3. The summed E-state index contributed by atoms with van der Waals surface area (Å²) in [6.07, 6.45) is 3.55. The van der Waals surface area contributed by atoms with Gasteiger partial charge >= 0.3 is 5.97 Å². The van der Waals surface area contributed by atoms with Gasteiger partial charge in [-0.2, -0.15) is 0 Å². The van der Waals surface area contributed by atoms with Crippen LogP contribution in [0, 0.1) is 0 Å². The summed E-state index contributed by atoms with van der Waals surface area (Å²) in [4.78, 5) is 15.6. The summed E-state index contributed by atoms with van der Waals surface area (Å²) in [7, 11) is 0. The largest absolute Gasteiger partial charge is 0.488 e. The van der Waals surface area contributed by atoms with Crippen LogP contribution in [0.25, 0.3) is 22.2 Å². The van der Waals surface area contributed by atoms with Crippen molar-refractivity contribution in [1.29, 1.82) is 0 Å². The fourth-order valence-electron chi connectivity index (χ4n) is 4.03. The first kappa shape index (κ1) is 18.4. The Bertz CT molecular complexity index is 1230. The number of nitrogens with one attached hydrogen (secondary N) is 1. The number of rotatable bonds is 4. The van der Waals surface area contributed by atoms with Gasteiger partial charge in [-0.3, -0.25) is 4.98 Å². The smallest absolute Gasteiger partial charge is 0.335 e. The van der Waals surface area contributed by atoms with E-state index < -0.39 is 5.97 Å². The molecule has 6 nitrogen and oxygen atoms in total. The number of hydrogen-bond acceptors (Lipinski definition) is 4. The van der Waals surface area contributed by atoms with Crippen LogP contribution in [0.5, 0.6) is 5.75 Å². The Hall–Kier alpha value is -3.64. The van der Waals surface area contributed by atoms with Gasteiger partial charge in [-0.1, -0.05) is 24.3 Å². The lowest BCUT2D eigenvalue weighted by atomic mass is 10.0. The second-order valence-electron chi connectivity index (χ2n) is 7.38. The Morgan fingerprint density at radius 2 is 2.10 bits per heavy atom. The van der Waals surface area contributed by atoms with Gasteiger partial charge in [0.05, 0.1) is 11.3 Å². The topological polar surface area (TPSA) is 76.4 Å². The third kappa shape index (κ3) is 3.31. The van der Waals surface area contributed by atoms with Crippen LogP contribution in [0.4, 0.5) is 0 Å². The van der Waals surface area contributed by atoms with E-state index in [0.717, 1.165) is 58.7 Å².